The lowest BCUT2D eigenvalue weighted by molar-refractivity contribution is -0.137. The molecule has 1 heterocycles. The molecule has 112 valence electrons. The number of rotatable bonds is 1. The molecule has 1 amide bonds. The average Bonchev–Trinajstić information content (AvgIpc) is 2.38. The van der Waals surface area contributed by atoms with Gasteiger partial charge in [-0.25, -0.2) is 0 Å². The third-order valence-electron chi connectivity index (χ3n) is 3.22. The fraction of sp³-hybridized carbons (Fsp3) is 0.462. The fourth-order valence-electron chi connectivity index (χ4n) is 2.11. The lowest BCUT2D eigenvalue weighted by Crippen LogP contribution is -2.52. The van der Waals surface area contributed by atoms with Gasteiger partial charge in [0.1, 0.15) is 0 Å². The molecular formula is C13H16ClF3N2O. The molecule has 1 aliphatic rings. The van der Waals surface area contributed by atoms with Crippen molar-refractivity contribution in [1.82, 2.24) is 10.2 Å². The number of amides is 1. The summed E-state index contributed by atoms with van der Waals surface area (Å²) in [6.45, 7) is 3.89. The fourth-order valence-corrected chi connectivity index (χ4v) is 2.11. The van der Waals surface area contributed by atoms with Gasteiger partial charge in [-0.1, -0.05) is 0 Å². The summed E-state index contributed by atoms with van der Waals surface area (Å²) >= 11 is 0. The van der Waals surface area contributed by atoms with Crippen molar-refractivity contribution in [2.75, 3.05) is 19.6 Å². The van der Waals surface area contributed by atoms with Gasteiger partial charge in [-0.15, -0.1) is 12.4 Å². The molecule has 0 saturated carbocycles. The molecule has 20 heavy (non-hydrogen) atoms. The van der Waals surface area contributed by atoms with Crippen LogP contribution in [0.1, 0.15) is 22.8 Å². The van der Waals surface area contributed by atoms with Crippen molar-refractivity contribution in [3.8, 4) is 0 Å². The maximum Gasteiger partial charge on any atom is 0.416 e. The Morgan fingerprint density at radius 1 is 1.30 bits per heavy atom. The lowest BCUT2D eigenvalue weighted by atomic mass is 10.1. The van der Waals surface area contributed by atoms with Crippen LogP contribution in [-0.2, 0) is 6.18 Å². The number of carbonyl (C=O) groups excluding carboxylic acids is 1. The van der Waals surface area contributed by atoms with Crippen LogP contribution in [0.3, 0.4) is 0 Å². The highest BCUT2D eigenvalue weighted by Gasteiger charge is 2.31. The Morgan fingerprint density at radius 2 is 1.90 bits per heavy atom. The third-order valence-corrected chi connectivity index (χ3v) is 3.22. The zero-order valence-electron chi connectivity index (χ0n) is 10.9. The molecule has 3 nitrogen and oxygen atoms in total. The molecule has 1 aromatic rings. The van der Waals surface area contributed by atoms with Crippen molar-refractivity contribution in [3.05, 3.63) is 35.4 Å². The summed E-state index contributed by atoms with van der Waals surface area (Å²) in [6.07, 6.45) is -4.37. The number of benzene rings is 1. The minimum absolute atomic E-state index is 0. The van der Waals surface area contributed by atoms with Gasteiger partial charge in [0, 0.05) is 31.2 Å². The van der Waals surface area contributed by atoms with E-state index in [1.807, 2.05) is 6.92 Å². The maximum atomic E-state index is 12.4. The Hall–Kier alpha value is -1.27. The van der Waals surface area contributed by atoms with E-state index in [1.165, 1.54) is 12.1 Å². The summed E-state index contributed by atoms with van der Waals surface area (Å²) in [7, 11) is 0. The largest absolute Gasteiger partial charge is 0.416 e. The first-order chi connectivity index (χ1) is 8.89. The Balaban J connectivity index is 0.00000200. The van der Waals surface area contributed by atoms with E-state index in [1.54, 1.807) is 4.90 Å². The van der Waals surface area contributed by atoms with E-state index < -0.39 is 11.7 Å². The molecule has 1 aliphatic heterocycles. The molecule has 0 radical (unpaired) electrons. The van der Waals surface area contributed by atoms with Gasteiger partial charge in [-0.05, 0) is 31.2 Å². The molecule has 1 atom stereocenters. The van der Waals surface area contributed by atoms with E-state index in [-0.39, 0.29) is 24.4 Å². The van der Waals surface area contributed by atoms with Crippen LogP contribution in [0.5, 0.6) is 0 Å². The SMILES string of the molecule is C[C@@H]1CNCCN1C(=O)c1ccc(C(F)(F)F)cc1.Cl. The van der Waals surface area contributed by atoms with Gasteiger partial charge in [-0.3, -0.25) is 4.79 Å². The van der Waals surface area contributed by atoms with E-state index in [4.69, 9.17) is 0 Å². The Labute approximate surface area is 121 Å². The number of hydrogen-bond donors (Lipinski definition) is 1. The molecule has 1 aromatic carbocycles. The number of hydrogen-bond acceptors (Lipinski definition) is 2. The van der Waals surface area contributed by atoms with E-state index in [9.17, 15) is 18.0 Å². The molecule has 7 heteroatoms. The highest BCUT2D eigenvalue weighted by atomic mass is 35.5. The van der Waals surface area contributed by atoms with Crippen molar-refractivity contribution < 1.29 is 18.0 Å². The van der Waals surface area contributed by atoms with Gasteiger partial charge in [0.05, 0.1) is 5.56 Å². The zero-order valence-corrected chi connectivity index (χ0v) is 11.7. The van der Waals surface area contributed by atoms with E-state index in [0.29, 0.717) is 25.2 Å². The van der Waals surface area contributed by atoms with Crippen molar-refractivity contribution >= 4 is 18.3 Å². The first-order valence-electron chi connectivity index (χ1n) is 6.08. The highest BCUT2D eigenvalue weighted by molar-refractivity contribution is 5.94. The predicted octanol–water partition coefficient (Wildman–Crippen LogP) is 2.56. The topological polar surface area (TPSA) is 32.3 Å². The van der Waals surface area contributed by atoms with Gasteiger partial charge in [-0.2, -0.15) is 13.2 Å². The molecule has 1 fully saturated rings. The van der Waals surface area contributed by atoms with Gasteiger partial charge >= 0.3 is 6.18 Å². The van der Waals surface area contributed by atoms with E-state index in [0.717, 1.165) is 12.1 Å². The lowest BCUT2D eigenvalue weighted by Gasteiger charge is -2.34. The van der Waals surface area contributed by atoms with Crippen molar-refractivity contribution in [2.45, 2.75) is 19.1 Å². The Kier molecular flexibility index (Phi) is 5.42. The number of piperazine rings is 1. The molecule has 2 rings (SSSR count). The second kappa shape index (κ2) is 6.45. The van der Waals surface area contributed by atoms with Gasteiger partial charge in [0.2, 0.25) is 0 Å². The smallest absolute Gasteiger partial charge is 0.333 e. The summed E-state index contributed by atoms with van der Waals surface area (Å²) < 4.78 is 37.3. The monoisotopic (exact) mass is 308 g/mol. The molecular weight excluding hydrogens is 293 g/mol. The predicted molar refractivity (Wildman–Crippen MR) is 72.1 cm³/mol. The molecule has 0 aliphatic carbocycles. The molecule has 1 N–H and O–H groups in total. The quantitative estimate of drug-likeness (QED) is 0.865. The molecule has 1 saturated heterocycles. The minimum Gasteiger partial charge on any atom is -0.333 e. The van der Waals surface area contributed by atoms with Crippen LogP contribution >= 0.6 is 12.4 Å². The highest BCUT2D eigenvalue weighted by Crippen LogP contribution is 2.29. The van der Waals surface area contributed by atoms with Gasteiger partial charge in [0.15, 0.2) is 0 Å². The van der Waals surface area contributed by atoms with Crippen molar-refractivity contribution in [1.29, 1.82) is 0 Å². The summed E-state index contributed by atoms with van der Waals surface area (Å²) in [4.78, 5) is 13.9. The van der Waals surface area contributed by atoms with Crippen LogP contribution in [0.4, 0.5) is 13.2 Å². The summed E-state index contributed by atoms with van der Waals surface area (Å²) in [5.41, 5.74) is -0.445. The van der Waals surface area contributed by atoms with Crippen molar-refractivity contribution in [3.63, 3.8) is 0 Å². The van der Waals surface area contributed by atoms with Gasteiger partial charge < -0.3 is 10.2 Å². The first-order valence-corrected chi connectivity index (χ1v) is 6.08. The minimum atomic E-state index is -4.37. The number of halogens is 4. The Bertz CT molecular complexity index is 462. The van der Waals surface area contributed by atoms with E-state index >= 15 is 0 Å². The molecule has 0 spiro atoms. The average molecular weight is 309 g/mol. The molecule has 0 unspecified atom stereocenters. The maximum absolute atomic E-state index is 12.4. The Morgan fingerprint density at radius 3 is 2.40 bits per heavy atom. The molecule has 0 bridgehead atoms. The summed E-state index contributed by atoms with van der Waals surface area (Å²) in [5.74, 6) is -0.220. The summed E-state index contributed by atoms with van der Waals surface area (Å²) in [6, 6.07) is 4.41. The van der Waals surface area contributed by atoms with Crippen LogP contribution in [-0.4, -0.2) is 36.5 Å². The standard InChI is InChI=1S/C13H15F3N2O.ClH/c1-9-8-17-6-7-18(9)12(19)10-2-4-11(5-3-10)13(14,15)16;/h2-5,9,17H,6-8H2,1H3;1H/t9-;/m1./s1. The van der Waals surface area contributed by atoms with Gasteiger partial charge in [0.25, 0.3) is 5.91 Å². The van der Waals surface area contributed by atoms with Crippen LogP contribution < -0.4 is 5.32 Å². The number of nitrogens with zero attached hydrogens (tertiary/aromatic N) is 1. The second-order valence-electron chi connectivity index (χ2n) is 4.63. The van der Waals surface area contributed by atoms with Crippen molar-refractivity contribution in [2.24, 2.45) is 0 Å². The normalized spacial score (nSPS) is 19.4. The third kappa shape index (κ3) is 3.64. The van der Waals surface area contributed by atoms with E-state index in [2.05, 4.69) is 5.32 Å². The van der Waals surface area contributed by atoms with Crippen LogP contribution in [0.2, 0.25) is 0 Å². The van der Waals surface area contributed by atoms with Crippen LogP contribution in [0.25, 0.3) is 0 Å². The second-order valence-corrected chi connectivity index (χ2v) is 4.63. The summed E-state index contributed by atoms with van der Waals surface area (Å²) in [5, 5.41) is 3.16. The van der Waals surface area contributed by atoms with Crippen LogP contribution in [0.15, 0.2) is 24.3 Å². The number of carbonyl (C=O) groups is 1. The number of alkyl halides is 3. The van der Waals surface area contributed by atoms with Crippen LogP contribution in [0, 0.1) is 0 Å². The number of nitrogens with one attached hydrogen (secondary N) is 1. The first kappa shape index (κ1) is 16.8. The molecule has 0 aromatic heterocycles. The zero-order chi connectivity index (χ0) is 14.0.